The van der Waals surface area contributed by atoms with Gasteiger partial charge in [0.05, 0.1) is 0 Å². The van der Waals surface area contributed by atoms with E-state index in [1.807, 2.05) is 14.0 Å². The first-order valence-electron chi connectivity index (χ1n) is 4.95. The van der Waals surface area contributed by atoms with Crippen LogP contribution in [-0.2, 0) is 0 Å². The smallest absolute Gasteiger partial charge is 0.251 e. The molecule has 15 heavy (non-hydrogen) atoms. The second-order valence-electron chi connectivity index (χ2n) is 3.59. The van der Waals surface area contributed by atoms with Gasteiger partial charge in [0.1, 0.15) is 0 Å². The molecule has 1 heterocycles. The molecule has 0 spiro atoms. The first-order valence-corrected chi connectivity index (χ1v) is 5.82. The number of aromatic amines is 1. The summed E-state index contributed by atoms with van der Waals surface area (Å²) >= 11 is 1.58. The van der Waals surface area contributed by atoms with Crippen LogP contribution in [0.1, 0.15) is 19.5 Å². The van der Waals surface area contributed by atoms with Gasteiger partial charge >= 0.3 is 0 Å². The number of nitrogens with zero attached hydrogens (tertiary/aromatic N) is 1. The standard InChI is InChI=1S/C10H17N3OS/c1-6-5-9(14)13-10(12-6)15-8(3)7(2)11-4/h5,7-8,11H,1-4H3,(H,12,13,14). The van der Waals surface area contributed by atoms with Crippen LogP contribution in [0.15, 0.2) is 16.0 Å². The molecule has 1 aromatic heterocycles. The number of H-pyrrole nitrogens is 1. The highest BCUT2D eigenvalue weighted by Crippen LogP contribution is 2.20. The van der Waals surface area contributed by atoms with Crippen LogP contribution < -0.4 is 10.9 Å². The Morgan fingerprint density at radius 1 is 1.53 bits per heavy atom. The zero-order valence-electron chi connectivity index (χ0n) is 9.50. The van der Waals surface area contributed by atoms with Gasteiger partial charge < -0.3 is 10.3 Å². The lowest BCUT2D eigenvalue weighted by molar-refractivity contribution is 0.604. The van der Waals surface area contributed by atoms with Crippen LogP contribution in [-0.4, -0.2) is 28.3 Å². The quantitative estimate of drug-likeness (QED) is 0.599. The molecule has 0 saturated carbocycles. The second-order valence-corrected chi connectivity index (χ2v) is 4.96. The number of aromatic nitrogens is 2. The lowest BCUT2D eigenvalue weighted by Crippen LogP contribution is -2.30. The van der Waals surface area contributed by atoms with Crippen molar-refractivity contribution in [2.45, 2.75) is 37.2 Å². The summed E-state index contributed by atoms with van der Waals surface area (Å²) in [4.78, 5) is 18.2. The Hall–Kier alpha value is -0.810. The second kappa shape index (κ2) is 5.32. The number of rotatable bonds is 4. The molecule has 0 fully saturated rings. The van der Waals surface area contributed by atoms with Crippen LogP contribution >= 0.6 is 11.8 Å². The molecule has 2 unspecified atom stereocenters. The van der Waals surface area contributed by atoms with Gasteiger partial charge in [0.2, 0.25) is 0 Å². The van der Waals surface area contributed by atoms with E-state index >= 15 is 0 Å². The summed E-state index contributed by atoms with van der Waals surface area (Å²) in [5.74, 6) is 0. The molecule has 0 aliphatic carbocycles. The van der Waals surface area contributed by atoms with E-state index in [0.29, 0.717) is 16.4 Å². The maximum atomic E-state index is 11.2. The Kier molecular flexibility index (Phi) is 4.35. The molecule has 0 amide bonds. The SMILES string of the molecule is CNC(C)C(C)Sc1nc(C)cc(=O)[nH]1. The molecule has 0 aromatic carbocycles. The van der Waals surface area contributed by atoms with Crippen molar-refractivity contribution in [3.8, 4) is 0 Å². The fourth-order valence-electron chi connectivity index (χ4n) is 1.12. The number of thioether (sulfide) groups is 1. The number of nitrogens with one attached hydrogen (secondary N) is 2. The van der Waals surface area contributed by atoms with E-state index in [-0.39, 0.29) is 5.56 Å². The van der Waals surface area contributed by atoms with E-state index in [1.165, 1.54) is 6.07 Å². The molecule has 1 aromatic rings. The highest BCUT2D eigenvalue weighted by molar-refractivity contribution is 7.99. The van der Waals surface area contributed by atoms with E-state index in [4.69, 9.17) is 0 Å². The van der Waals surface area contributed by atoms with Gasteiger partial charge in [0.25, 0.3) is 5.56 Å². The van der Waals surface area contributed by atoms with Crippen molar-refractivity contribution >= 4 is 11.8 Å². The summed E-state index contributed by atoms with van der Waals surface area (Å²) in [6.45, 7) is 6.03. The fourth-order valence-corrected chi connectivity index (χ4v) is 2.17. The molecule has 4 nitrogen and oxygen atoms in total. The predicted molar refractivity (Wildman–Crippen MR) is 63.4 cm³/mol. The van der Waals surface area contributed by atoms with E-state index in [9.17, 15) is 4.79 Å². The van der Waals surface area contributed by atoms with Crippen LogP contribution in [0.4, 0.5) is 0 Å². The Balaban J connectivity index is 2.76. The van der Waals surface area contributed by atoms with Crippen molar-refractivity contribution in [2.24, 2.45) is 0 Å². The fraction of sp³-hybridized carbons (Fsp3) is 0.600. The third-order valence-corrected chi connectivity index (χ3v) is 3.50. The minimum atomic E-state index is -0.0886. The summed E-state index contributed by atoms with van der Waals surface area (Å²) < 4.78 is 0. The molecule has 1 rings (SSSR count). The molecule has 0 bridgehead atoms. The third-order valence-electron chi connectivity index (χ3n) is 2.31. The minimum Gasteiger partial charge on any atom is -0.316 e. The molecule has 2 atom stereocenters. The van der Waals surface area contributed by atoms with Crippen LogP contribution in [0.3, 0.4) is 0 Å². The maximum absolute atomic E-state index is 11.2. The van der Waals surface area contributed by atoms with Crippen molar-refractivity contribution in [3.05, 3.63) is 22.1 Å². The zero-order chi connectivity index (χ0) is 11.4. The topological polar surface area (TPSA) is 57.8 Å². The summed E-state index contributed by atoms with van der Waals surface area (Å²) in [5.41, 5.74) is 0.667. The van der Waals surface area contributed by atoms with Gasteiger partial charge in [-0.2, -0.15) is 0 Å². The normalized spacial score (nSPS) is 14.9. The average Bonchev–Trinajstić information content (AvgIpc) is 2.14. The van der Waals surface area contributed by atoms with Gasteiger partial charge in [0.15, 0.2) is 5.16 Å². The van der Waals surface area contributed by atoms with Crippen molar-refractivity contribution in [1.82, 2.24) is 15.3 Å². The van der Waals surface area contributed by atoms with Gasteiger partial charge in [-0.3, -0.25) is 4.79 Å². The number of aryl methyl sites for hydroxylation is 1. The summed E-state index contributed by atoms with van der Waals surface area (Å²) in [7, 11) is 1.92. The van der Waals surface area contributed by atoms with Gasteiger partial charge in [-0.15, -0.1) is 0 Å². The van der Waals surface area contributed by atoms with Crippen molar-refractivity contribution in [1.29, 1.82) is 0 Å². The molecule has 5 heteroatoms. The van der Waals surface area contributed by atoms with Crippen molar-refractivity contribution in [2.75, 3.05) is 7.05 Å². The van der Waals surface area contributed by atoms with E-state index in [0.717, 1.165) is 5.69 Å². The molecule has 2 N–H and O–H groups in total. The zero-order valence-corrected chi connectivity index (χ0v) is 10.3. The molecule has 0 saturated heterocycles. The summed E-state index contributed by atoms with van der Waals surface area (Å²) in [6.07, 6.45) is 0. The number of hydrogen-bond donors (Lipinski definition) is 2. The maximum Gasteiger partial charge on any atom is 0.251 e. The molecular weight excluding hydrogens is 210 g/mol. The average molecular weight is 227 g/mol. The lowest BCUT2D eigenvalue weighted by atomic mass is 10.3. The Morgan fingerprint density at radius 2 is 2.20 bits per heavy atom. The van der Waals surface area contributed by atoms with Crippen LogP contribution in [0.25, 0.3) is 0 Å². The van der Waals surface area contributed by atoms with Crippen LogP contribution in [0, 0.1) is 6.92 Å². The Morgan fingerprint density at radius 3 is 2.73 bits per heavy atom. The van der Waals surface area contributed by atoms with E-state index in [1.54, 1.807) is 11.8 Å². The van der Waals surface area contributed by atoms with Crippen LogP contribution in [0.5, 0.6) is 0 Å². The molecular formula is C10H17N3OS. The monoisotopic (exact) mass is 227 g/mol. The third kappa shape index (κ3) is 3.68. The Labute approximate surface area is 93.9 Å². The largest absolute Gasteiger partial charge is 0.316 e. The minimum absolute atomic E-state index is 0.0886. The summed E-state index contributed by atoms with van der Waals surface area (Å²) in [6, 6.07) is 1.87. The summed E-state index contributed by atoms with van der Waals surface area (Å²) in [5, 5.41) is 4.22. The van der Waals surface area contributed by atoms with E-state index in [2.05, 4.69) is 29.1 Å². The van der Waals surface area contributed by atoms with Crippen LogP contribution in [0.2, 0.25) is 0 Å². The Bertz CT molecular complexity index is 377. The van der Waals surface area contributed by atoms with Crippen molar-refractivity contribution < 1.29 is 0 Å². The van der Waals surface area contributed by atoms with Gasteiger partial charge in [-0.05, 0) is 20.9 Å². The molecule has 84 valence electrons. The molecule has 0 aliphatic rings. The number of hydrogen-bond acceptors (Lipinski definition) is 4. The lowest BCUT2D eigenvalue weighted by Gasteiger charge is -2.17. The predicted octanol–water partition coefficient (Wildman–Crippen LogP) is 1.17. The molecule has 0 radical (unpaired) electrons. The first kappa shape index (κ1) is 12.3. The van der Waals surface area contributed by atoms with Gasteiger partial charge in [-0.1, -0.05) is 18.7 Å². The van der Waals surface area contributed by atoms with Gasteiger partial charge in [-0.25, -0.2) is 4.98 Å². The van der Waals surface area contributed by atoms with Crippen molar-refractivity contribution in [3.63, 3.8) is 0 Å². The molecule has 0 aliphatic heterocycles. The first-order chi connectivity index (χ1) is 7.02. The van der Waals surface area contributed by atoms with Gasteiger partial charge in [0, 0.05) is 23.1 Å². The highest BCUT2D eigenvalue weighted by atomic mass is 32.2. The highest BCUT2D eigenvalue weighted by Gasteiger charge is 2.12. The van der Waals surface area contributed by atoms with E-state index < -0.39 is 0 Å².